The SMILES string of the molecule is NC(=O)C1=CC=CC(N)(c2cccc(Cl)c2)C1. The average Bonchev–Trinajstić information content (AvgIpc) is 2.29. The summed E-state index contributed by atoms with van der Waals surface area (Å²) in [5.74, 6) is -0.439. The zero-order valence-corrected chi connectivity index (χ0v) is 9.95. The van der Waals surface area contributed by atoms with Gasteiger partial charge in [0.15, 0.2) is 0 Å². The number of amides is 1. The fraction of sp³-hybridized carbons (Fsp3) is 0.154. The van der Waals surface area contributed by atoms with Crippen LogP contribution in [0.15, 0.2) is 48.1 Å². The van der Waals surface area contributed by atoms with E-state index in [0.717, 1.165) is 5.56 Å². The number of rotatable bonds is 2. The molecule has 1 aliphatic carbocycles. The van der Waals surface area contributed by atoms with Gasteiger partial charge >= 0.3 is 0 Å². The first-order valence-corrected chi connectivity index (χ1v) is 5.62. The van der Waals surface area contributed by atoms with E-state index in [1.807, 2.05) is 18.2 Å². The maximum Gasteiger partial charge on any atom is 0.244 e. The lowest BCUT2D eigenvalue weighted by atomic mass is 9.81. The van der Waals surface area contributed by atoms with Crippen LogP contribution in [0.25, 0.3) is 0 Å². The highest BCUT2D eigenvalue weighted by atomic mass is 35.5. The molecular weight excluding hydrogens is 236 g/mol. The first-order valence-electron chi connectivity index (χ1n) is 5.24. The molecular formula is C13H13ClN2O. The molecule has 0 aliphatic heterocycles. The molecule has 0 radical (unpaired) electrons. The van der Waals surface area contributed by atoms with Gasteiger partial charge in [-0.3, -0.25) is 4.79 Å². The molecule has 3 nitrogen and oxygen atoms in total. The molecule has 0 saturated carbocycles. The van der Waals surface area contributed by atoms with Crippen LogP contribution in [0.3, 0.4) is 0 Å². The Kier molecular flexibility index (Phi) is 3.05. The summed E-state index contributed by atoms with van der Waals surface area (Å²) in [6.07, 6.45) is 5.69. The van der Waals surface area contributed by atoms with E-state index in [-0.39, 0.29) is 0 Å². The Morgan fingerprint density at radius 2 is 2.18 bits per heavy atom. The maximum atomic E-state index is 11.2. The van der Waals surface area contributed by atoms with Gasteiger partial charge in [-0.15, -0.1) is 0 Å². The number of carbonyl (C=O) groups excluding carboxylic acids is 1. The highest BCUT2D eigenvalue weighted by molar-refractivity contribution is 6.30. The predicted octanol–water partition coefficient (Wildman–Crippen LogP) is 1.87. The Hall–Kier alpha value is -1.58. The Morgan fingerprint density at radius 3 is 2.82 bits per heavy atom. The van der Waals surface area contributed by atoms with E-state index in [0.29, 0.717) is 17.0 Å². The van der Waals surface area contributed by atoms with E-state index in [4.69, 9.17) is 23.1 Å². The van der Waals surface area contributed by atoms with E-state index in [2.05, 4.69) is 0 Å². The van der Waals surface area contributed by atoms with Crippen molar-refractivity contribution in [3.05, 3.63) is 58.7 Å². The summed E-state index contributed by atoms with van der Waals surface area (Å²) in [4.78, 5) is 11.2. The van der Waals surface area contributed by atoms with Gasteiger partial charge in [0, 0.05) is 17.0 Å². The Bertz CT molecular complexity index is 522. The number of hydrogen-bond acceptors (Lipinski definition) is 2. The fourth-order valence-electron chi connectivity index (χ4n) is 1.91. The molecule has 4 heteroatoms. The van der Waals surface area contributed by atoms with E-state index < -0.39 is 11.4 Å². The topological polar surface area (TPSA) is 69.1 Å². The summed E-state index contributed by atoms with van der Waals surface area (Å²) >= 11 is 5.94. The normalized spacial score (nSPS) is 23.3. The van der Waals surface area contributed by atoms with Crippen molar-refractivity contribution >= 4 is 17.5 Å². The van der Waals surface area contributed by atoms with E-state index in [1.54, 1.807) is 24.3 Å². The number of carbonyl (C=O) groups is 1. The smallest absolute Gasteiger partial charge is 0.244 e. The largest absolute Gasteiger partial charge is 0.366 e. The van der Waals surface area contributed by atoms with E-state index in [9.17, 15) is 4.79 Å². The van der Waals surface area contributed by atoms with Crippen molar-refractivity contribution < 1.29 is 4.79 Å². The molecule has 2 rings (SSSR count). The van der Waals surface area contributed by atoms with Crippen LogP contribution in [-0.4, -0.2) is 5.91 Å². The van der Waals surface area contributed by atoms with E-state index in [1.165, 1.54) is 0 Å². The van der Waals surface area contributed by atoms with Crippen LogP contribution < -0.4 is 11.5 Å². The van der Waals surface area contributed by atoms with Crippen LogP contribution in [0.2, 0.25) is 5.02 Å². The Morgan fingerprint density at radius 1 is 1.41 bits per heavy atom. The van der Waals surface area contributed by atoms with Gasteiger partial charge in [-0.25, -0.2) is 0 Å². The second kappa shape index (κ2) is 4.35. The second-order valence-electron chi connectivity index (χ2n) is 4.14. The molecule has 4 N–H and O–H groups in total. The summed E-state index contributed by atoms with van der Waals surface area (Å²) in [6, 6.07) is 7.31. The molecule has 1 aromatic rings. The van der Waals surface area contributed by atoms with Gasteiger partial charge in [-0.05, 0) is 17.7 Å². The summed E-state index contributed by atoms with van der Waals surface area (Å²) in [5, 5.41) is 0.621. The molecule has 0 fully saturated rings. The van der Waals surface area contributed by atoms with Gasteiger partial charge < -0.3 is 11.5 Å². The van der Waals surface area contributed by atoms with Crippen molar-refractivity contribution in [3.63, 3.8) is 0 Å². The minimum atomic E-state index is -0.718. The van der Waals surface area contributed by atoms with Crippen LogP contribution in [0.4, 0.5) is 0 Å². The van der Waals surface area contributed by atoms with Crippen molar-refractivity contribution in [2.45, 2.75) is 12.0 Å². The molecule has 0 aromatic heterocycles. The van der Waals surface area contributed by atoms with Gasteiger partial charge in [0.2, 0.25) is 5.91 Å². The third-order valence-corrected chi connectivity index (χ3v) is 3.09. The van der Waals surface area contributed by atoms with Crippen LogP contribution >= 0.6 is 11.6 Å². The molecule has 1 unspecified atom stereocenters. The maximum absolute atomic E-state index is 11.2. The lowest BCUT2D eigenvalue weighted by molar-refractivity contribution is -0.114. The Labute approximate surface area is 105 Å². The first kappa shape index (κ1) is 11.9. The molecule has 0 saturated heterocycles. The van der Waals surface area contributed by atoms with Crippen molar-refractivity contribution in [1.29, 1.82) is 0 Å². The zero-order valence-electron chi connectivity index (χ0n) is 9.19. The minimum absolute atomic E-state index is 0.388. The van der Waals surface area contributed by atoms with Crippen LogP contribution in [0, 0.1) is 0 Å². The number of halogens is 1. The molecule has 1 aromatic carbocycles. The third-order valence-electron chi connectivity index (χ3n) is 2.85. The summed E-state index contributed by atoms with van der Waals surface area (Å²) in [5.41, 5.74) is 12.2. The average molecular weight is 249 g/mol. The zero-order chi connectivity index (χ0) is 12.5. The number of nitrogens with two attached hydrogens (primary N) is 2. The molecule has 88 valence electrons. The molecule has 1 amide bonds. The first-order chi connectivity index (χ1) is 8.01. The standard InChI is InChI=1S/C13H13ClN2O/c14-11-5-1-4-10(7-11)13(16)6-2-3-9(8-13)12(15)17/h1-7H,8,16H2,(H2,15,17). The summed E-state index contributed by atoms with van der Waals surface area (Å²) in [6.45, 7) is 0. The highest BCUT2D eigenvalue weighted by Crippen LogP contribution is 2.31. The number of benzene rings is 1. The molecule has 1 aliphatic rings. The minimum Gasteiger partial charge on any atom is -0.366 e. The number of allylic oxidation sites excluding steroid dienone is 2. The van der Waals surface area contributed by atoms with Gasteiger partial charge in [-0.1, -0.05) is 42.0 Å². The second-order valence-corrected chi connectivity index (χ2v) is 4.58. The molecule has 1 atom stereocenters. The molecule has 0 heterocycles. The van der Waals surface area contributed by atoms with Crippen LogP contribution in [-0.2, 0) is 10.3 Å². The number of primary amides is 1. The lowest BCUT2D eigenvalue weighted by Crippen LogP contribution is -2.38. The number of hydrogen-bond donors (Lipinski definition) is 2. The quantitative estimate of drug-likeness (QED) is 0.839. The molecule has 0 bridgehead atoms. The Balaban J connectivity index is 2.36. The van der Waals surface area contributed by atoms with Crippen LogP contribution in [0.5, 0.6) is 0 Å². The van der Waals surface area contributed by atoms with Gasteiger partial charge in [0.05, 0.1) is 5.54 Å². The van der Waals surface area contributed by atoms with Crippen molar-refractivity contribution in [1.82, 2.24) is 0 Å². The monoisotopic (exact) mass is 248 g/mol. The van der Waals surface area contributed by atoms with Crippen LogP contribution in [0.1, 0.15) is 12.0 Å². The van der Waals surface area contributed by atoms with Gasteiger partial charge in [0.1, 0.15) is 0 Å². The third kappa shape index (κ3) is 2.40. The molecule has 0 spiro atoms. The lowest BCUT2D eigenvalue weighted by Gasteiger charge is -2.29. The predicted molar refractivity (Wildman–Crippen MR) is 68.4 cm³/mol. The van der Waals surface area contributed by atoms with Gasteiger partial charge in [0.25, 0.3) is 0 Å². The van der Waals surface area contributed by atoms with Gasteiger partial charge in [-0.2, -0.15) is 0 Å². The fourth-order valence-corrected chi connectivity index (χ4v) is 2.10. The highest BCUT2D eigenvalue weighted by Gasteiger charge is 2.29. The van der Waals surface area contributed by atoms with Crippen molar-refractivity contribution in [2.75, 3.05) is 0 Å². The van der Waals surface area contributed by atoms with Crippen molar-refractivity contribution in [3.8, 4) is 0 Å². The van der Waals surface area contributed by atoms with Crippen molar-refractivity contribution in [2.24, 2.45) is 11.5 Å². The molecule has 17 heavy (non-hydrogen) atoms. The van der Waals surface area contributed by atoms with E-state index >= 15 is 0 Å². The summed E-state index contributed by atoms with van der Waals surface area (Å²) in [7, 11) is 0. The summed E-state index contributed by atoms with van der Waals surface area (Å²) < 4.78 is 0.